The minimum atomic E-state index is -0.109. The average molecular weight is 291 g/mol. The van der Waals surface area contributed by atoms with E-state index in [9.17, 15) is 0 Å². The minimum absolute atomic E-state index is 0.109. The summed E-state index contributed by atoms with van der Waals surface area (Å²) in [5.41, 5.74) is 2.97. The maximum Gasteiger partial charge on any atom is 0.0801 e. The number of aromatic nitrogens is 1. The third-order valence-corrected chi connectivity index (χ3v) is 3.97. The van der Waals surface area contributed by atoms with Gasteiger partial charge in [0, 0.05) is 29.9 Å². The van der Waals surface area contributed by atoms with E-state index in [0.717, 1.165) is 41.3 Å². The van der Waals surface area contributed by atoms with Crippen molar-refractivity contribution in [2.24, 2.45) is 0 Å². The molecular weight excluding hydrogens is 272 g/mol. The summed E-state index contributed by atoms with van der Waals surface area (Å²) in [5.74, 6) is 0. The molecule has 0 bridgehead atoms. The SMILES string of the molecule is Cc1cc(Cl)c2cc(N3CCOC(C)(C)C3)ccc2n1. The third kappa shape index (κ3) is 2.60. The largest absolute Gasteiger partial charge is 0.372 e. The van der Waals surface area contributed by atoms with E-state index in [1.807, 2.05) is 19.1 Å². The van der Waals surface area contributed by atoms with Crippen molar-refractivity contribution in [3.8, 4) is 0 Å². The summed E-state index contributed by atoms with van der Waals surface area (Å²) < 4.78 is 5.76. The molecule has 3 rings (SSSR count). The zero-order valence-electron chi connectivity index (χ0n) is 12.1. The van der Waals surface area contributed by atoms with Crippen molar-refractivity contribution >= 4 is 28.2 Å². The number of aryl methyl sites for hydroxylation is 1. The van der Waals surface area contributed by atoms with Crippen molar-refractivity contribution in [1.29, 1.82) is 0 Å². The zero-order valence-corrected chi connectivity index (χ0v) is 12.9. The van der Waals surface area contributed by atoms with E-state index in [1.54, 1.807) is 0 Å². The highest BCUT2D eigenvalue weighted by atomic mass is 35.5. The lowest BCUT2D eigenvalue weighted by Gasteiger charge is -2.39. The summed E-state index contributed by atoms with van der Waals surface area (Å²) >= 11 is 6.35. The summed E-state index contributed by atoms with van der Waals surface area (Å²) in [7, 11) is 0. The number of hydrogen-bond acceptors (Lipinski definition) is 3. The molecule has 0 spiro atoms. The summed E-state index contributed by atoms with van der Waals surface area (Å²) in [6, 6.07) is 8.21. The molecule has 20 heavy (non-hydrogen) atoms. The molecule has 4 heteroatoms. The molecule has 1 aliphatic rings. The molecule has 3 nitrogen and oxygen atoms in total. The average Bonchev–Trinajstić information content (AvgIpc) is 2.37. The standard InChI is InChI=1S/C16H19ClN2O/c1-11-8-14(17)13-9-12(4-5-15(13)18-11)19-6-7-20-16(2,3)10-19/h4-5,8-9H,6-7,10H2,1-3H3. The Morgan fingerprint density at radius 2 is 2.10 bits per heavy atom. The van der Waals surface area contributed by atoms with Crippen molar-refractivity contribution in [2.75, 3.05) is 24.6 Å². The lowest BCUT2D eigenvalue weighted by atomic mass is 10.1. The van der Waals surface area contributed by atoms with E-state index in [2.05, 4.69) is 35.9 Å². The second-order valence-corrected chi connectivity index (χ2v) is 6.38. The number of halogens is 1. The van der Waals surface area contributed by atoms with E-state index in [-0.39, 0.29) is 5.60 Å². The Morgan fingerprint density at radius 1 is 1.30 bits per heavy atom. The van der Waals surface area contributed by atoms with Crippen LogP contribution >= 0.6 is 11.6 Å². The van der Waals surface area contributed by atoms with Gasteiger partial charge in [0.05, 0.1) is 22.7 Å². The smallest absolute Gasteiger partial charge is 0.0801 e. The third-order valence-electron chi connectivity index (χ3n) is 3.66. The van der Waals surface area contributed by atoms with Crippen LogP contribution in [0.4, 0.5) is 5.69 Å². The first kappa shape index (κ1) is 13.7. The minimum Gasteiger partial charge on any atom is -0.372 e. The Bertz CT molecular complexity index is 654. The van der Waals surface area contributed by atoms with Crippen LogP contribution in [-0.2, 0) is 4.74 Å². The maximum atomic E-state index is 6.35. The molecule has 0 unspecified atom stereocenters. The molecule has 0 radical (unpaired) electrons. The van der Waals surface area contributed by atoms with Gasteiger partial charge < -0.3 is 9.64 Å². The quantitative estimate of drug-likeness (QED) is 0.798. The highest BCUT2D eigenvalue weighted by Gasteiger charge is 2.27. The molecule has 0 amide bonds. The molecule has 106 valence electrons. The van der Waals surface area contributed by atoms with E-state index in [4.69, 9.17) is 16.3 Å². The fourth-order valence-corrected chi connectivity index (χ4v) is 3.04. The van der Waals surface area contributed by atoms with Gasteiger partial charge in [0.15, 0.2) is 0 Å². The highest BCUT2D eigenvalue weighted by molar-refractivity contribution is 6.35. The van der Waals surface area contributed by atoms with Crippen molar-refractivity contribution in [3.63, 3.8) is 0 Å². The number of hydrogen-bond donors (Lipinski definition) is 0. The Kier molecular flexibility index (Phi) is 3.35. The molecule has 0 aliphatic carbocycles. The Hall–Kier alpha value is -1.32. The van der Waals surface area contributed by atoms with Gasteiger partial charge >= 0.3 is 0 Å². The van der Waals surface area contributed by atoms with Gasteiger partial charge in [-0.1, -0.05) is 11.6 Å². The van der Waals surface area contributed by atoms with Gasteiger partial charge in [0.2, 0.25) is 0 Å². The molecule has 1 aromatic carbocycles. The molecule has 1 fully saturated rings. The number of ether oxygens (including phenoxy) is 1. The number of nitrogens with zero attached hydrogens (tertiary/aromatic N) is 2. The van der Waals surface area contributed by atoms with E-state index >= 15 is 0 Å². The lowest BCUT2D eigenvalue weighted by molar-refractivity contribution is -0.0276. The number of rotatable bonds is 1. The Balaban J connectivity index is 2.00. The molecule has 2 aromatic rings. The van der Waals surface area contributed by atoms with E-state index in [0.29, 0.717) is 0 Å². The first-order valence-corrected chi connectivity index (χ1v) is 7.28. The van der Waals surface area contributed by atoms with Crippen LogP contribution in [0.15, 0.2) is 24.3 Å². The summed E-state index contributed by atoms with van der Waals surface area (Å²) in [5, 5.41) is 1.78. The van der Waals surface area contributed by atoms with Crippen LogP contribution < -0.4 is 4.90 Å². The molecule has 0 atom stereocenters. The van der Waals surface area contributed by atoms with Crippen molar-refractivity contribution in [1.82, 2.24) is 4.98 Å². The van der Waals surface area contributed by atoms with E-state index < -0.39 is 0 Å². The zero-order chi connectivity index (χ0) is 14.3. The van der Waals surface area contributed by atoms with Gasteiger partial charge in [0.25, 0.3) is 0 Å². The van der Waals surface area contributed by atoms with Crippen LogP contribution in [0, 0.1) is 6.92 Å². The van der Waals surface area contributed by atoms with Gasteiger partial charge in [-0.2, -0.15) is 0 Å². The van der Waals surface area contributed by atoms with Crippen LogP contribution in [0.1, 0.15) is 19.5 Å². The van der Waals surface area contributed by atoms with Crippen molar-refractivity contribution < 1.29 is 4.74 Å². The van der Waals surface area contributed by atoms with Crippen molar-refractivity contribution in [3.05, 3.63) is 35.0 Å². The maximum absolute atomic E-state index is 6.35. The van der Waals surface area contributed by atoms with Crippen LogP contribution in [0.3, 0.4) is 0 Å². The van der Waals surface area contributed by atoms with Crippen LogP contribution in [0.2, 0.25) is 5.02 Å². The number of anilines is 1. The Labute approximate surface area is 124 Å². The second kappa shape index (κ2) is 4.90. The van der Waals surface area contributed by atoms with Gasteiger partial charge in [-0.25, -0.2) is 0 Å². The van der Waals surface area contributed by atoms with Gasteiger partial charge in [-0.05, 0) is 45.0 Å². The molecule has 1 aromatic heterocycles. The molecule has 1 aliphatic heterocycles. The van der Waals surface area contributed by atoms with Crippen molar-refractivity contribution in [2.45, 2.75) is 26.4 Å². The molecule has 2 heterocycles. The molecule has 1 saturated heterocycles. The molecule has 0 saturated carbocycles. The lowest BCUT2D eigenvalue weighted by Crippen LogP contribution is -2.48. The number of benzene rings is 1. The first-order chi connectivity index (χ1) is 9.44. The predicted octanol–water partition coefficient (Wildman–Crippen LogP) is 3.81. The number of fused-ring (bicyclic) bond motifs is 1. The first-order valence-electron chi connectivity index (χ1n) is 6.90. The normalized spacial score (nSPS) is 18.5. The second-order valence-electron chi connectivity index (χ2n) is 5.98. The van der Waals surface area contributed by atoms with Crippen LogP contribution in [-0.4, -0.2) is 30.3 Å². The number of pyridine rings is 1. The van der Waals surface area contributed by atoms with Gasteiger partial charge in [-0.3, -0.25) is 4.98 Å². The van der Waals surface area contributed by atoms with Gasteiger partial charge in [0.1, 0.15) is 0 Å². The topological polar surface area (TPSA) is 25.4 Å². The Morgan fingerprint density at radius 3 is 2.85 bits per heavy atom. The molecule has 0 N–H and O–H groups in total. The summed E-state index contributed by atoms with van der Waals surface area (Å²) in [4.78, 5) is 6.87. The fourth-order valence-electron chi connectivity index (χ4n) is 2.73. The molecular formula is C16H19ClN2O. The van der Waals surface area contributed by atoms with Crippen LogP contribution in [0.25, 0.3) is 10.9 Å². The summed E-state index contributed by atoms with van der Waals surface area (Å²) in [6.45, 7) is 8.76. The summed E-state index contributed by atoms with van der Waals surface area (Å²) in [6.07, 6.45) is 0. The predicted molar refractivity (Wildman–Crippen MR) is 83.7 cm³/mol. The van der Waals surface area contributed by atoms with E-state index in [1.165, 1.54) is 5.69 Å². The number of morpholine rings is 1. The van der Waals surface area contributed by atoms with Gasteiger partial charge in [-0.15, -0.1) is 0 Å². The monoisotopic (exact) mass is 290 g/mol. The highest BCUT2D eigenvalue weighted by Crippen LogP contribution is 2.29. The fraction of sp³-hybridized carbons (Fsp3) is 0.438. The van der Waals surface area contributed by atoms with Crippen LogP contribution in [0.5, 0.6) is 0 Å².